The molecule has 0 saturated carbocycles. The average Bonchev–Trinajstić information content (AvgIpc) is 2.67. The van der Waals surface area contributed by atoms with Gasteiger partial charge in [0.2, 0.25) is 5.52 Å². The van der Waals surface area contributed by atoms with Crippen molar-refractivity contribution >= 4 is 52.1 Å². The van der Waals surface area contributed by atoms with Crippen LogP contribution in [-0.2, 0) is 0 Å². The first kappa shape index (κ1) is 12.0. The van der Waals surface area contributed by atoms with E-state index >= 15 is 0 Å². The number of hydrogen-bond donors (Lipinski definition) is 0. The minimum atomic E-state index is 0.870. The van der Waals surface area contributed by atoms with Crippen molar-refractivity contribution in [1.82, 2.24) is 0 Å². The molecule has 88 valence electrons. The molecule has 1 heterocycles. The van der Waals surface area contributed by atoms with Crippen LogP contribution in [-0.4, -0.2) is 7.98 Å². The third-order valence-corrected chi connectivity index (χ3v) is 4.45. The van der Waals surface area contributed by atoms with E-state index in [9.17, 15) is 0 Å². The Morgan fingerprint density at radius 2 is 1.89 bits per heavy atom. The van der Waals surface area contributed by atoms with Crippen molar-refractivity contribution in [1.29, 1.82) is 0 Å². The number of fused-ring (bicyclic) bond motifs is 1. The fraction of sp³-hybridized carbons (Fsp3) is 0. The molecule has 18 heavy (non-hydrogen) atoms. The van der Waals surface area contributed by atoms with Gasteiger partial charge in [-0.15, -0.1) is 0 Å². The molecule has 0 aliphatic rings. The number of para-hydroxylation sites is 1. The normalized spacial score (nSPS) is 10.7. The maximum absolute atomic E-state index is 5.91. The lowest BCUT2D eigenvalue weighted by Crippen LogP contribution is -2.30. The molecule has 2 aromatic carbocycles. The molecule has 0 saturated heterocycles. The average molecular weight is 366 g/mol. The van der Waals surface area contributed by atoms with Gasteiger partial charge in [-0.05, 0) is 58.2 Å². The summed E-state index contributed by atoms with van der Waals surface area (Å²) >= 11 is 4.00. The summed E-state index contributed by atoms with van der Waals surface area (Å²) in [7, 11) is 2.03. The maximum atomic E-state index is 5.91. The summed E-state index contributed by atoms with van der Waals surface area (Å²) in [5, 5.41) is 0.901. The van der Waals surface area contributed by atoms with E-state index < -0.39 is 0 Å². The minimum absolute atomic E-state index is 0.870. The molecule has 0 bridgehead atoms. The second-order valence-corrected chi connectivity index (χ2v) is 6.19. The van der Waals surface area contributed by atoms with E-state index in [1.807, 2.05) is 38.3 Å². The van der Waals surface area contributed by atoms with E-state index in [-0.39, 0.29) is 0 Å². The molecule has 0 spiro atoms. The SMILES string of the molecule is B[n+]1c(Oc2ccccc2)sc2cc(I)ccc21. The number of nitrogens with zero attached hydrogens (tertiary/aromatic N) is 1. The molecule has 2 nitrogen and oxygen atoms in total. The van der Waals surface area contributed by atoms with E-state index in [0.717, 1.165) is 10.9 Å². The molecule has 0 atom stereocenters. The van der Waals surface area contributed by atoms with Crippen molar-refractivity contribution in [2.45, 2.75) is 0 Å². The molecule has 0 aliphatic heterocycles. The van der Waals surface area contributed by atoms with Crippen LogP contribution in [0.25, 0.3) is 10.2 Å². The van der Waals surface area contributed by atoms with Gasteiger partial charge in [-0.2, -0.15) is 0 Å². The van der Waals surface area contributed by atoms with Crippen LogP contribution in [0.5, 0.6) is 10.9 Å². The second kappa shape index (κ2) is 4.89. The number of thiazole rings is 1. The van der Waals surface area contributed by atoms with Gasteiger partial charge in [-0.25, -0.2) is 4.48 Å². The predicted octanol–water partition coefficient (Wildman–Crippen LogP) is 2.98. The van der Waals surface area contributed by atoms with Crippen LogP contribution in [0.4, 0.5) is 0 Å². The van der Waals surface area contributed by atoms with Crippen LogP contribution >= 0.6 is 33.9 Å². The molecule has 1 aromatic heterocycles. The fourth-order valence-corrected chi connectivity index (χ4v) is 3.55. The van der Waals surface area contributed by atoms with Crippen molar-refractivity contribution in [3.05, 3.63) is 52.1 Å². The lowest BCUT2D eigenvalue weighted by molar-refractivity contribution is -0.494. The van der Waals surface area contributed by atoms with Crippen molar-refractivity contribution in [3.63, 3.8) is 0 Å². The minimum Gasteiger partial charge on any atom is -0.399 e. The van der Waals surface area contributed by atoms with Gasteiger partial charge in [0.1, 0.15) is 10.4 Å². The molecule has 3 rings (SSSR count). The van der Waals surface area contributed by atoms with Crippen LogP contribution in [0, 0.1) is 3.57 Å². The van der Waals surface area contributed by atoms with E-state index in [2.05, 4.69) is 45.3 Å². The van der Waals surface area contributed by atoms with Gasteiger partial charge in [-0.1, -0.05) is 18.2 Å². The van der Waals surface area contributed by atoms with Gasteiger partial charge < -0.3 is 4.74 Å². The summed E-state index contributed by atoms with van der Waals surface area (Å²) in [6, 6.07) is 16.3. The van der Waals surface area contributed by atoms with Gasteiger partial charge in [0.15, 0.2) is 0 Å². The Kier molecular flexibility index (Phi) is 3.26. The first-order chi connectivity index (χ1) is 8.74. The first-order valence-corrected chi connectivity index (χ1v) is 7.44. The summed E-state index contributed by atoms with van der Waals surface area (Å²) in [4.78, 5) is 0. The van der Waals surface area contributed by atoms with Gasteiger partial charge in [0.25, 0.3) is 0 Å². The van der Waals surface area contributed by atoms with Crippen molar-refractivity contribution in [2.75, 3.05) is 0 Å². The number of halogens is 1. The lowest BCUT2D eigenvalue weighted by Gasteiger charge is -1.98. The molecular weight excluding hydrogens is 356 g/mol. The lowest BCUT2D eigenvalue weighted by atomic mass is 10.3. The zero-order valence-corrected chi connectivity index (χ0v) is 12.7. The summed E-state index contributed by atoms with van der Waals surface area (Å²) in [6.45, 7) is 0. The molecule has 3 aromatic rings. The third-order valence-electron chi connectivity index (χ3n) is 2.70. The van der Waals surface area contributed by atoms with E-state index in [1.54, 1.807) is 11.3 Å². The Hall–Kier alpha value is -1.08. The van der Waals surface area contributed by atoms with Crippen LogP contribution < -0.4 is 9.21 Å². The van der Waals surface area contributed by atoms with Crippen LogP contribution in [0.1, 0.15) is 0 Å². The van der Waals surface area contributed by atoms with Crippen LogP contribution in [0.15, 0.2) is 48.5 Å². The van der Waals surface area contributed by atoms with Gasteiger partial charge in [0, 0.05) is 9.64 Å². The number of benzene rings is 2. The highest BCUT2D eigenvalue weighted by atomic mass is 127. The van der Waals surface area contributed by atoms with Crippen LogP contribution in [0.3, 0.4) is 0 Å². The zero-order chi connectivity index (χ0) is 12.5. The van der Waals surface area contributed by atoms with Gasteiger partial charge in [-0.3, -0.25) is 0 Å². The number of rotatable bonds is 2. The molecule has 0 radical (unpaired) electrons. The quantitative estimate of drug-likeness (QED) is 0.502. The van der Waals surface area contributed by atoms with Gasteiger partial charge in [0.05, 0.1) is 0 Å². The summed E-state index contributed by atoms with van der Waals surface area (Å²) in [5.74, 6) is 0.870. The number of ether oxygens (including phenoxy) is 1. The Labute approximate surface area is 124 Å². The highest BCUT2D eigenvalue weighted by Gasteiger charge is 2.18. The Bertz CT molecular complexity index is 699. The van der Waals surface area contributed by atoms with Crippen molar-refractivity contribution in [2.24, 2.45) is 0 Å². The number of hydrogen-bond acceptors (Lipinski definition) is 2. The smallest absolute Gasteiger partial charge is 0.399 e. The third kappa shape index (κ3) is 2.24. The topological polar surface area (TPSA) is 13.1 Å². The number of aromatic nitrogens is 1. The zero-order valence-electron chi connectivity index (χ0n) is 9.76. The summed E-state index contributed by atoms with van der Waals surface area (Å²) < 4.78 is 10.5. The molecule has 5 heteroatoms. The molecular formula is C13H10BINOS+. The predicted molar refractivity (Wildman–Crippen MR) is 85.2 cm³/mol. The highest BCUT2D eigenvalue weighted by Crippen LogP contribution is 2.29. The molecule has 0 fully saturated rings. The molecule has 0 unspecified atom stereocenters. The largest absolute Gasteiger partial charge is 0.460 e. The monoisotopic (exact) mass is 366 g/mol. The molecule has 0 N–H and O–H groups in total. The second-order valence-electron chi connectivity index (χ2n) is 3.95. The first-order valence-electron chi connectivity index (χ1n) is 5.55. The molecule has 0 amide bonds. The van der Waals surface area contributed by atoms with Crippen molar-refractivity contribution in [3.8, 4) is 10.9 Å². The Balaban J connectivity index is 2.05. The van der Waals surface area contributed by atoms with E-state index in [0.29, 0.717) is 0 Å². The summed E-state index contributed by atoms with van der Waals surface area (Å²) in [5.41, 5.74) is 1.20. The standard InChI is InChI=1S/C13H10BINOS/c14-16-11-7-6-9(15)8-12(11)18-13(16)17-10-4-2-1-3-5-10/h1-8H,14H2/q+1. The molecule has 0 aliphatic carbocycles. The Morgan fingerprint density at radius 3 is 2.67 bits per heavy atom. The highest BCUT2D eigenvalue weighted by molar-refractivity contribution is 14.1. The van der Waals surface area contributed by atoms with Crippen molar-refractivity contribution < 1.29 is 9.21 Å². The van der Waals surface area contributed by atoms with Crippen LogP contribution in [0.2, 0.25) is 0 Å². The Morgan fingerprint density at radius 1 is 1.11 bits per heavy atom. The summed E-state index contributed by atoms with van der Waals surface area (Å²) in [6.07, 6.45) is 0. The van der Waals surface area contributed by atoms with E-state index in [4.69, 9.17) is 4.74 Å². The maximum Gasteiger partial charge on any atom is 0.460 e. The van der Waals surface area contributed by atoms with Gasteiger partial charge >= 0.3 is 13.2 Å². The van der Waals surface area contributed by atoms with E-state index in [1.165, 1.54) is 13.8 Å². The fourth-order valence-electron chi connectivity index (χ4n) is 1.79.